The van der Waals surface area contributed by atoms with Crippen LogP contribution in [0, 0.1) is 0 Å². The normalized spacial score (nSPS) is 18.7. The Bertz CT molecular complexity index is 145. The largest absolute Gasteiger partial charge is 0.290 e. The van der Waals surface area contributed by atoms with Crippen molar-refractivity contribution in [1.82, 2.24) is 0 Å². The molecular weight excluding hydrogens is 181 g/mol. The van der Waals surface area contributed by atoms with E-state index in [4.69, 9.17) is 23.2 Å². The van der Waals surface area contributed by atoms with Crippen molar-refractivity contribution in [2.75, 3.05) is 5.88 Å². The first-order valence-corrected chi connectivity index (χ1v) is 4.49. The molecule has 1 unspecified atom stereocenters. The number of halogens is 2. The lowest BCUT2D eigenvalue weighted by molar-refractivity contribution is 0.583. The zero-order chi connectivity index (χ0) is 9.12. The Kier molecular flexibility index (Phi) is 3.86. The number of aliphatic imine (C=N–C) groups is 1. The van der Waals surface area contributed by atoms with Crippen molar-refractivity contribution in [3.05, 3.63) is 0 Å². The van der Waals surface area contributed by atoms with Gasteiger partial charge in [0.25, 0.3) is 0 Å². The van der Waals surface area contributed by atoms with Gasteiger partial charge in [0.2, 0.25) is 0 Å². The lowest BCUT2D eigenvalue weighted by Crippen LogP contribution is -2.23. The molecule has 0 saturated heterocycles. The van der Waals surface area contributed by atoms with E-state index in [0.29, 0.717) is 5.88 Å². The summed E-state index contributed by atoms with van der Waals surface area (Å²) >= 11 is 11.5. The third kappa shape index (κ3) is 6.64. The van der Waals surface area contributed by atoms with Crippen molar-refractivity contribution in [3.63, 3.8) is 0 Å². The molecule has 0 aromatic rings. The van der Waals surface area contributed by atoms with Gasteiger partial charge in [0.1, 0.15) is 0 Å². The first-order chi connectivity index (χ1) is 4.77. The standard InChI is InChI=1S/C8H15Cl2N/c1-7(2,3)11-6-8(4,10)5-9/h6H,5H2,1-4H3. The minimum Gasteiger partial charge on any atom is -0.290 e. The molecule has 66 valence electrons. The fourth-order valence-corrected chi connectivity index (χ4v) is 0.481. The summed E-state index contributed by atoms with van der Waals surface area (Å²) in [5.74, 6) is 0.383. The van der Waals surface area contributed by atoms with Crippen LogP contribution in [0.2, 0.25) is 0 Å². The van der Waals surface area contributed by atoms with Crippen LogP contribution >= 0.6 is 23.2 Å². The Balaban J connectivity index is 4.13. The number of hydrogen-bond donors (Lipinski definition) is 0. The molecule has 0 aromatic carbocycles. The average molecular weight is 196 g/mol. The van der Waals surface area contributed by atoms with Crippen LogP contribution < -0.4 is 0 Å². The van der Waals surface area contributed by atoms with Crippen molar-refractivity contribution in [2.24, 2.45) is 4.99 Å². The maximum absolute atomic E-state index is 5.95. The molecule has 1 atom stereocenters. The molecule has 0 fully saturated rings. The summed E-state index contributed by atoms with van der Waals surface area (Å²) in [6.07, 6.45) is 1.71. The molecule has 11 heavy (non-hydrogen) atoms. The summed E-state index contributed by atoms with van der Waals surface area (Å²) < 4.78 is 0. The zero-order valence-electron chi connectivity index (χ0n) is 7.49. The molecule has 1 nitrogen and oxygen atoms in total. The highest BCUT2D eigenvalue weighted by Crippen LogP contribution is 2.15. The van der Waals surface area contributed by atoms with Crippen LogP contribution in [0.25, 0.3) is 0 Å². The van der Waals surface area contributed by atoms with E-state index in [-0.39, 0.29) is 5.54 Å². The maximum Gasteiger partial charge on any atom is 0.0899 e. The van der Waals surface area contributed by atoms with E-state index >= 15 is 0 Å². The first kappa shape index (κ1) is 11.2. The lowest BCUT2D eigenvalue weighted by atomic mass is 10.1. The molecule has 0 rings (SSSR count). The Hall–Kier alpha value is 0.250. The Morgan fingerprint density at radius 3 is 2.00 bits per heavy atom. The molecule has 0 N–H and O–H groups in total. The Labute approximate surface area is 78.8 Å². The van der Waals surface area contributed by atoms with Crippen molar-refractivity contribution < 1.29 is 0 Å². The second kappa shape index (κ2) is 3.77. The van der Waals surface area contributed by atoms with E-state index in [1.807, 2.05) is 27.7 Å². The topological polar surface area (TPSA) is 12.4 Å². The minimum absolute atomic E-state index is 0.0673. The summed E-state index contributed by atoms with van der Waals surface area (Å²) in [5.41, 5.74) is -0.0673. The van der Waals surface area contributed by atoms with Crippen molar-refractivity contribution in [1.29, 1.82) is 0 Å². The molecule has 0 amide bonds. The van der Waals surface area contributed by atoms with Gasteiger partial charge in [-0.3, -0.25) is 4.99 Å². The molecule has 0 bridgehead atoms. The smallest absolute Gasteiger partial charge is 0.0899 e. The van der Waals surface area contributed by atoms with Gasteiger partial charge in [0, 0.05) is 12.1 Å². The monoisotopic (exact) mass is 195 g/mol. The zero-order valence-corrected chi connectivity index (χ0v) is 9.00. The fourth-order valence-electron chi connectivity index (χ4n) is 0.363. The molecule has 0 heterocycles. The van der Waals surface area contributed by atoms with Crippen LogP contribution in [-0.2, 0) is 0 Å². The van der Waals surface area contributed by atoms with Crippen LogP contribution in [0.3, 0.4) is 0 Å². The maximum atomic E-state index is 5.95. The van der Waals surface area contributed by atoms with Gasteiger partial charge in [0.15, 0.2) is 0 Å². The fraction of sp³-hybridized carbons (Fsp3) is 0.875. The molecule has 0 aliphatic rings. The number of alkyl halides is 2. The summed E-state index contributed by atoms with van der Waals surface area (Å²) in [5, 5.41) is 0. The van der Waals surface area contributed by atoms with Gasteiger partial charge in [0.05, 0.1) is 10.4 Å². The van der Waals surface area contributed by atoms with Gasteiger partial charge < -0.3 is 0 Å². The highest BCUT2D eigenvalue weighted by molar-refractivity contribution is 6.37. The summed E-state index contributed by atoms with van der Waals surface area (Å²) in [7, 11) is 0. The quantitative estimate of drug-likeness (QED) is 0.475. The second-order valence-corrected chi connectivity index (χ2v) is 4.97. The molecule has 0 aliphatic heterocycles. The average Bonchev–Trinajstić information content (AvgIpc) is 1.83. The SMILES string of the molecule is CC(Cl)(C=NC(C)(C)C)CCl. The van der Waals surface area contributed by atoms with E-state index in [2.05, 4.69) is 4.99 Å². The van der Waals surface area contributed by atoms with Gasteiger partial charge in [-0.25, -0.2) is 0 Å². The third-order valence-corrected chi connectivity index (χ3v) is 1.91. The molecule has 3 heteroatoms. The predicted molar refractivity (Wildman–Crippen MR) is 53.2 cm³/mol. The van der Waals surface area contributed by atoms with Crippen molar-refractivity contribution in [3.8, 4) is 0 Å². The first-order valence-electron chi connectivity index (χ1n) is 3.58. The highest BCUT2D eigenvalue weighted by atomic mass is 35.5. The highest BCUT2D eigenvalue weighted by Gasteiger charge is 2.17. The number of hydrogen-bond acceptors (Lipinski definition) is 1. The second-order valence-electron chi connectivity index (χ2n) is 3.84. The molecule has 0 aromatic heterocycles. The van der Waals surface area contributed by atoms with Crippen molar-refractivity contribution >= 4 is 29.4 Å². The van der Waals surface area contributed by atoms with E-state index in [0.717, 1.165) is 0 Å². The van der Waals surface area contributed by atoms with E-state index < -0.39 is 4.87 Å². The molecule has 0 saturated carbocycles. The van der Waals surface area contributed by atoms with E-state index in [1.54, 1.807) is 6.21 Å². The number of nitrogens with zero attached hydrogens (tertiary/aromatic N) is 1. The van der Waals surface area contributed by atoms with Gasteiger partial charge in [-0.15, -0.1) is 23.2 Å². The van der Waals surface area contributed by atoms with Gasteiger partial charge in [-0.05, 0) is 27.7 Å². The van der Waals surface area contributed by atoms with Crippen LogP contribution in [0.1, 0.15) is 27.7 Å². The summed E-state index contributed by atoms with van der Waals surface area (Å²) in [6.45, 7) is 7.90. The predicted octanol–water partition coefficient (Wildman–Crippen LogP) is 3.09. The van der Waals surface area contributed by atoms with Gasteiger partial charge >= 0.3 is 0 Å². The Morgan fingerprint density at radius 2 is 1.73 bits per heavy atom. The molecule has 0 radical (unpaired) electrons. The van der Waals surface area contributed by atoms with Crippen LogP contribution in [0.15, 0.2) is 4.99 Å². The van der Waals surface area contributed by atoms with Crippen LogP contribution in [-0.4, -0.2) is 22.5 Å². The summed E-state index contributed by atoms with van der Waals surface area (Å²) in [6, 6.07) is 0. The lowest BCUT2D eigenvalue weighted by Gasteiger charge is -2.16. The molecule has 0 spiro atoms. The van der Waals surface area contributed by atoms with Crippen LogP contribution in [0.5, 0.6) is 0 Å². The van der Waals surface area contributed by atoms with E-state index in [1.165, 1.54) is 0 Å². The number of rotatable bonds is 2. The van der Waals surface area contributed by atoms with Gasteiger partial charge in [-0.2, -0.15) is 0 Å². The Morgan fingerprint density at radius 1 is 1.27 bits per heavy atom. The van der Waals surface area contributed by atoms with Gasteiger partial charge in [-0.1, -0.05) is 0 Å². The molecular formula is C8H15Cl2N. The third-order valence-electron chi connectivity index (χ3n) is 0.982. The molecule has 0 aliphatic carbocycles. The minimum atomic E-state index is -0.505. The summed E-state index contributed by atoms with van der Waals surface area (Å²) in [4.78, 5) is 3.75. The van der Waals surface area contributed by atoms with Crippen molar-refractivity contribution in [2.45, 2.75) is 38.1 Å². The van der Waals surface area contributed by atoms with Crippen LogP contribution in [0.4, 0.5) is 0 Å². The van der Waals surface area contributed by atoms with E-state index in [9.17, 15) is 0 Å².